The molecule has 20 heavy (non-hydrogen) atoms. The predicted molar refractivity (Wildman–Crippen MR) is 75.9 cm³/mol. The summed E-state index contributed by atoms with van der Waals surface area (Å²) < 4.78 is 28.4. The van der Waals surface area contributed by atoms with Crippen molar-refractivity contribution in [2.75, 3.05) is 13.2 Å². The molecule has 114 valence electrons. The normalized spacial score (nSPS) is 23.9. The van der Waals surface area contributed by atoms with E-state index in [9.17, 15) is 13.5 Å². The number of rotatable bonds is 5. The first kappa shape index (κ1) is 15.8. The van der Waals surface area contributed by atoms with Crippen molar-refractivity contribution in [1.82, 2.24) is 14.3 Å². The van der Waals surface area contributed by atoms with Gasteiger partial charge >= 0.3 is 0 Å². The second-order valence-electron chi connectivity index (χ2n) is 5.29. The predicted octanol–water partition coefficient (Wildman–Crippen LogP) is 1.15. The zero-order valence-electron chi connectivity index (χ0n) is 11.4. The topological polar surface area (TPSA) is 84.2 Å². The minimum Gasteiger partial charge on any atom is -0.396 e. The number of aliphatic hydroxyl groups excluding tert-OH is 1. The first-order chi connectivity index (χ1) is 9.45. The zero-order chi connectivity index (χ0) is 14.8. The van der Waals surface area contributed by atoms with Crippen LogP contribution in [0.5, 0.6) is 0 Å². The lowest BCUT2D eigenvalue weighted by Gasteiger charge is -2.30. The Bertz CT molecular complexity index is 558. The molecule has 1 saturated carbocycles. The minimum atomic E-state index is -3.70. The minimum absolute atomic E-state index is 0.0971. The van der Waals surface area contributed by atoms with Crippen LogP contribution in [-0.2, 0) is 17.1 Å². The monoisotopic (exact) mass is 321 g/mol. The number of aromatic nitrogens is 2. The Morgan fingerprint density at radius 1 is 1.45 bits per heavy atom. The van der Waals surface area contributed by atoms with E-state index < -0.39 is 10.0 Å². The first-order valence-corrected chi connectivity index (χ1v) is 8.59. The van der Waals surface area contributed by atoms with E-state index in [0.717, 1.165) is 25.7 Å². The fraction of sp³-hybridized carbons (Fsp3) is 0.750. The van der Waals surface area contributed by atoms with Gasteiger partial charge in [-0.25, -0.2) is 18.1 Å². The number of halogens is 1. The molecule has 8 heteroatoms. The van der Waals surface area contributed by atoms with Crippen LogP contribution in [0.15, 0.2) is 11.4 Å². The Labute approximate surface area is 124 Å². The van der Waals surface area contributed by atoms with Gasteiger partial charge in [0.2, 0.25) is 5.03 Å². The molecule has 1 aliphatic rings. The lowest BCUT2D eigenvalue weighted by Crippen LogP contribution is -2.35. The molecule has 1 aromatic rings. The van der Waals surface area contributed by atoms with E-state index in [1.807, 2.05) is 0 Å². The molecule has 2 atom stereocenters. The van der Waals surface area contributed by atoms with Crippen LogP contribution < -0.4 is 4.72 Å². The maximum absolute atomic E-state index is 12.2. The fourth-order valence-electron chi connectivity index (χ4n) is 2.65. The third-order valence-electron chi connectivity index (χ3n) is 3.93. The molecule has 1 heterocycles. The van der Waals surface area contributed by atoms with Crippen molar-refractivity contribution in [2.45, 2.75) is 30.7 Å². The van der Waals surface area contributed by atoms with Crippen LogP contribution in [-0.4, -0.2) is 36.2 Å². The Morgan fingerprint density at radius 3 is 2.65 bits per heavy atom. The smallest absolute Gasteiger partial charge is 0.261 e. The van der Waals surface area contributed by atoms with Gasteiger partial charge in [0.25, 0.3) is 10.0 Å². The number of nitrogens with one attached hydrogen (secondary N) is 1. The second kappa shape index (κ2) is 6.43. The van der Waals surface area contributed by atoms with Crippen molar-refractivity contribution in [2.24, 2.45) is 18.9 Å². The third-order valence-corrected chi connectivity index (χ3v) is 5.84. The first-order valence-electron chi connectivity index (χ1n) is 6.73. The highest BCUT2D eigenvalue weighted by molar-refractivity contribution is 7.89. The molecule has 2 N–H and O–H groups in total. The van der Waals surface area contributed by atoms with Crippen LogP contribution in [0.2, 0.25) is 5.15 Å². The summed E-state index contributed by atoms with van der Waals surface area (Å²) in [6.07, 6.45) is 5.43. The van der Waals surface area contributed by atoms with Gasteiger partial charge in [-0.05, 0) is 24.7 Å². The Balaban J connectivity index is 2.04. The van der Waals surface area contributed by atoms with E-state index in [2.05, 4.69) is 9.71 Å². The number of nitrogens with zero attached hydrogens (tertiary/aromatic N) is 2. The summed E-state index contributed by atoms with van der Waals surface area (Å²) in [5.41, 5.74) is 0. The second-order valence-corrected chi connectivity index (χ2v) is 7.33. The third kappa shape index (κ3) is 3.33. The quantitative estimate of drug-likeness (QED) is 0.852. The molecule has 1 aromatic heterocycles. The molecule has 0 bridgehead atoms. The van der Waals surface area contributed by atoms with Crippen molar-refractivity contribution < 1.29 is 13.5 Å². The van der Waals surface area contributed by atoms with Gasteiger partial charge < -0.3 is 9.67 Å². The summed E-state index contributed by atoms with van der Waals surface area (Å²) in [6.45, 7) is 0.428. The molecule has 0 aliphatic heterocycles. The Kier molecular flexibility index (Phi) is 5.06. The average Bonchev–Trinajstić information content (AvgIpc) is 2.78. The fourth-order valence-corrected chi connectivity index (χ4v) is 4.17. The molecule has 0 aromatic carbocycles. The SMILES string of the molecule is Cn1cnc(S(=O)(=O)NCC2CCCCC2CO)c1Cl. The van der Waals surface area contributed by atoms with Crippen LogP contribution in [0, 0.1) is 11.8 Å². The Morgan fingerprint density at radius 2 is 2.10 bits per heavy atom. The maximum Gasteiger partial charge on any atom is 0.261 e. The summed E-state index contributed by atoms with van der Waals surface area (Å²) in [6, 6.07) is 0. The van der Waals surface area contributed by atoms with Gasteiger partial charge in [-0.2, -0.15) is 0 Å². The van der Waals surface area contributed by atoms with Crippen LogP contribution >= 0.6 is 11.6 Å². The molecule has 1 fully saturated rings. The van der Waals surface area contributed by atoms with Crippen molar-refractivity contribution in [3.63, 3.8) is 0 Å². The molecule has 2 rings (SSSR count). The molecule has 0 spiro atoms. The number of aliphatic hydroxyl groups is 1. The number of sulfonamides is 1. The number of imidazole rings is 1. The van der Waals surface area contributed by atoms with Gasteiger partial charge in [0.1, 0.15) is 5.15 Å². The van der Waals surface area contributed by atoms with Gasteiger partial charge in [0, 0.05) is 20.2 Å². The summed E-state index contributed by atoms with van der Waals surface area (Å²) >= 11 is 5.91. The molecule has 0 radical (unpaired) electrons. The number of aryl methyl sites for hydroxylation is 1. The van der Waals surface area contributed by atoms with E-state index >= 15 is 0 Å². The average molecular weight is 322 g/mol. The molecule has 1 aliphatic carbocycles. The van der Waals surface area contributed by atoms with E-state index in [-0.39, 0.29) is 28.6 Å². The highest BCUT2D eigenvalue weighted by atomic mass is 35.5. The van der Waals surface area contributed by atoms with E-state index in [1.54, 1.807) is 7.05 Å². The van der Waals surface area contributed by atoms with E-state index in [4.69, 9.17) is 11.6 Å². The maximum atomic E-state index is 12.2. The van der Waals surface area contributed by atoms with Crippen LogP contribution in [0.25, 0.3) is 0 Å². The lowest BCUT2D eigenvalue weighted by molar-refractivity contribution is 0.136. The molecule has 6 nitrogen and oxygen atoms in total. The van der Waals surface area contributed by atoms with Gasteiger partial charge in [0.15, 0.2) is 0 Å². The van der Waals surface area contributed by atoms with Crippen LogP contribution in [0.1, 0.15) is 25.7 Å². The molecule has 2 unspecified atom stereocenters. The summed E-state index contributed by atoms with van der Waals surface area (Å²) in [4.78, 5) is 3.82. The van der Waals surface area contributed by atoms with Gasteiger partial charge in [0.05, 0.1) is 6.33 Å². The van der Waals surface area contributed by atoms with Crippen molar-refractivity contribution in [3.05, 3.63) is 11.5 Å². The van der Waals surface area contributed by atoms with E-state index in [1.165, 1.54) is 10.9 Å². The number of hydrogen-bond acceptors (Lipinski definition) is 4. The largest absolute Gasteiger partial charge is 0.396 e. The van der Waals surface area contributed by atoms with Gasteiger partial charge in [-0.3, -0.25) is 0 Å². The number of hydrogen-bond donors (Lipinski definition) is 2. The highest BCUT2D eigenvalue weighted by Crippen LogP contribution is 2.29. The molecule has 0 amide bonds. The highest BCUT2D eigenvalue weighted by Gasteiger charge is 2.28. The van der Waals surface area contributed by atoms with Crippen molar-refractivity contribution in [1.29, 1.82) is 0 Å². The summed E-state index contributed by atoms with van der Waals surface area (Å²) in [5, 5.41) is 9.30. The zero-order valence-corrected chi connectivity index (χ0v) is 13.0. The van der Waals surface area contributed by atoms with Crippen molar-refractivity contribution in [3.8, 4) is 0 Å². The van der Waals surface area contributed by atoms with Crippen LogP contribution in [0.4, 0.5) is 0 Å². The standard InChI is InChI=1S/C12H20ClN3O3S/c1-16-8-14-12(11(16)13)20(18,19)15-6-9-4-2-3-5-10(9)7-17/h8-10,15,17H,2-7H2,1H3. The van der Waals surface area contributed by atoms with Crippen LogP contribution in [0.3, 0.4) is 0 Å². The van der Waals surface area contributed by atoms with Crippen molar-refractivity contribution >= 4 is 21.6 Å². The van der Waals surface area contributed by atoms with E-state index in [0.29, 0.717) is 6.54 Å². The Hall–Kier alpha value is -0.630. The molecule has 0 saturated heterocycles. The van der Waals surface area contributed by atoms with Gasteiger partial charge in [-0.15, -0.1) is 0 Å². The summed E-state index contributed by atoms with van der Waals surface area (Å²) in [5.74, 6) is 0.344. The molecular formula is C12H20ClN3O3S. The summed E-state index contributed by atoms with van der Waals surface area (Å²) in [7, 11) is -2.06. The lowest BCUT2D eigenvalue weighted by atomic mass is 9.80. The van der Waals surface area contributed by atoms with Gasteiger partial charge in [-0.1, -0.05) is 24.4 Å². The molecular weight excluding hydrogens is 302 g/mol.